The van der Waals surface area contributed by atoms with Crippen LogP contribution in [0.5, 0.6) is 0 Å². The van der Waals surface area contributed by atoms with Crippen molar-refractivity contribution in [1.29, 1.82) is 0 Å². The lowest BCUT2D eigenvalue weighted by molar-refractivity contribution is 0.551. The molecule has 0 spiro atoms. The first-order chi connectivity index (χ1) is 6.63. The second kappa shape index (κ2) is 3.39. The molecule has 1 aliphatic carbocycles. The standard InChI is InChI=1S/C13H19N/c1-8-5-10(3)13-11(6-8)9(2)7-12(13)14-4/h5-6,9,12,14H,7H2,1-4H3. The van der Waals surface area contributed by atoms with Gasteiger partial charge in [0.2, 0.25) is 0 Å². The van der Waals surface area contributed by atoms with Crippen LogP contribution in [-0.2, 0) is 0 Å². The molecule has 0 aliphatic heterocycles. The van der Waals surface area contributed by atoms with E-state index in [-0.39, 0.29) is 0 Å². The van der Waals surface area contributed by atoms with Crippen LogP contribution in [0.15, 0.2) is 12.1 Å². The van der Waals surface area contributed by atoms with Gasteiger partial charge in [-0.3, -0.25) is 0 Å². The summed E-state index contributed by atoms with van der Waals surface area (Å²) in [6.07, 6.45) is 1.25. The van der Waals surface area contributed by atoms with Gasteiger partial charge in [-0.15, -0.1) is 0 Å². The molecule has 0 radical (unpaired) electrons. The highest BCUT2D eigenvalue weighted by Crippen LogP contribution is 2.41. The van der Waals surface area contributed by atoms with Crippen LogP contribution < -0.4 is 5.32 Å². The fourth-order valence-corrected chi connectivity index (χ4v) is 2.76. The molecule has 1 aromatic carbocycles. The minimum atomic E-state index is 0.570. The van der Waals surface area contributed by atoms with Crippen LogP contribution in [0.2, 0.25) is 0 Å². The summed E-state index contributed by atoms with van der Waals surface area (Å²) in [6, 6.07) is 5.21. The van der Waals surface area contributed by atoms with E-state index in [9.17, 15) is 0 Å². The summed E-state index contributed by atoms with van der Waals surface area (Å²) >= 11 is 0. The number of benzene rings is 1. The maximum absolute atomic E-state index is 3.41. The smallest absolute Gasteiger partial charge is 0.0328 e. The maximum Gasteiger partial charge on any atom is 0.0328 e. The number of aryl methyl sites for hydroxylation is 2. The Morgan fingerprint density at radius 3 is 2.64 bits per heavy atom. The molecule has 1 heteroatoms. The molecule has 2 rings (SSSR count). The van der Waals surface area contributed by atoms with Crippen LogP contribution in [0.1, 0.15) is 47.6 Å². The molecule has 0 heterocycles. The summed E-state index contributed by atoms with van der Waals surface area (Å²) < 4.78 is 0. The lowest BCUT2D eigenvalue weighted by Crippen LogP contribution is -2.14. The third kappa shape index (κ3) is 1.36. The first kappa shape index (κ1) is 9.72. The molecule has 1 N–H and O–H groups in total. The van der Waals surface area contributed by atoms with E-state index >= 15 is 0 Å². The fraction of sp³-hybridized carbons (Fsp3) is 0.538. The molecular weight excluding hydrogens is 170 g/mol. The van der Waals surface area contributed by atoms with Gasteiger partial charge >= 0.3 is 0 Å². The molecule has 0 aromatic heterocycles. The van der Waals surface area contributed by atoms with Crippen LogP contribution in [0, 0.1) is 13.8 Å². The molecule has 0 amide bonds. The molecule has 0 saturated carbocycles. The Balaban J connectivity index is 2.56. The summed E-state index contributed by atoms with van der Waals surface area (Å²) in [5.74, 6) is 0.709. The van der Waals surface area contributed by atoms with Crippen molar-refractivity contribution in [1.82, 2.24) is 5.32 Å². The Labute approximate surface area is 86.5 Å². The largest absolute Gasteiger partial charge is 0.313 e. The quantitative estimate of drug-likeness (QED) is 0.716. The topological polar surface area (TPSA) is 12.0 Å². The third-order valence-electron chi connectivity index (χ3n) is 3.38. The average Bonchev–Trinajstić information content (AvgIpc) is 2.43. The highest BCUT2D eigenvalue weighted by atomic mass is 14.9. The van der Waals surface area contributed by atoms with E-state index in [1.807, 2.05) is 0 Å². The van der Waals surface area contributed by atoms with Gasteiger partial charge in [0.1, 0.15) is 0 Å². The molecule has 2 unspecified atom stereocenters. The van der Waals surface area contributed by atoms with Gasteiger partial charge in [0.15, 0.2) is 0 Å². The van der Waals surface area contributed by atoms with Gasteiger partial charge in [-0.25, -0.2) is 0 Å². The Bertz CT molecular complexity index is 354. The molecule has 1 nitrogen and oxygen atoms in total. The third-order valence-corrected chi connectivity index (χ3v) is 3.38. The Kier molecular flexibility index (Phi) is 2.36. The minimum Gasteiger partial charge on any atom is -0.313 e. The predicted molar refractivity (Wildman–Crippen MR) is 60.7 cm³/mol. The zero-order valence-electron chi connectivity index (χ0n) is 9.52. The summed E-state index contributed by atoms with van der Waals surface area (Å²) in [6.45, 7) is 6.75. The van der Waals surface area contributed by atoms with Crippen molar-refractivity contribution >= 4 is 0 Å². The minimum absolute atomic E-state index is 0.570. The maximum atomic E-state index is 3.41. The zero-order chi connectivity index (χ0) is 10.3. The fourth-order valence-electron chi connectivity index (χ4n) is 2.76. The van der Waals surface area contributed by atoms with Crippen molar-refractivity contribution in [3.05, 3.63) is 34.4 Å². The van der Waals surface area contributed by atoms with Crippen molar-refractivity contribution in [3.8, 4) is 0 Å². The Morgan fingerprint density at radius 2 is 2.00 bits per heavy atom. The molecule has 1 aromatic rings. The molecule has 0 saturated heterocycles. The summed E-state index contributed by atoms with van der Waals surface area (Å²) in [4.78, 5) is 0. The van der Waals surface area contributed by atoms with Gasteiger partial charge in [-0.1, -0.05) is 24.6 Å². The van der Waals surface area contributed by atoms with Crippen LogP contribution >= 0.6 is 0 Å². The number of rotatable bonds is 1. The zero-order valence-corrected chi connectivity index (χ0v) is 9.52. The first-order valence-electron chi connectivity index (χ1n) is 5.41. The molecule has 14 heavy (non-hydrogen) atoms. The second-order valence-corrected chi connectivity index (χ2v) is 4.56. The first-order valence-corrected chi connectivity index (χ1v) is 5.41. The highest BCUT2D eigenvalue weighted by molar-refractivity contribution is 5.45. The van der Waals surface area contributed by atoms with Gasteiger partial charge in [0.25, 0.3) is 0 Å². The number of fused-ring (bicyclic) bond motifs is 1. The van der Waals surface area contributed by atoms with Crippen LogP contribution in [0.25, 0.3) is 0 Å². The van der Waals surface area contributed by atoms with Crippen molar-refractivity contribution in [2.75, 3.05) is 7.05 Å². The Morgan fingerprint density at radius 1 is 1.29 bits per heavy atom. The van der Waals surface area contributed by atoms with E-state index < -0.39 is 0 Å². The SMILES string of the molecule is CNC1CC(C)c2cc(C)cc(C)c21. The van der Waals surface area contributed by atoms with Gasteiger partial charge < -0.3 is 5.32 Å². The highest BCUT2D eigenvalue weighted by Gasteiger charge is 2.28. The normalized spacial score (nSPS) is 25.1. The van der Waals surface area contributed by atoms with E-state index in [0.29, 0.717) is 12.0 Å². The summed E-state index contributed by atoms with van der Waals surface area (Å²) in [5, 5.41) is 3.41. The predicted octanol–water partition coefficient (Wildman–Crippen LogP) is 3.07. The number of hydrogen-bond donors (Lipinski definition) is 1. The molecule has 2 atom stereocenters. The van der Waals surface area contributed by atoms with E-state index in [1.54, 1.807) is 11.1 Å². The number of hydrogen-bond acceptors (Lipinski definition) is 1. The molecule has 76 valence electrons. The van der Waals surface area contributed by atoms with Gasteiger partial charge in [0.05, 0.1) is 0 Å². The molecule has 0 bridgehead atoms. The van der Waals surface area contributed by atoms with E-state index in [2.05, 4.69) is 45.3 Å². The number of nitrogens with one attached hydrogen (secondary N) is 1. The Hall–Kier alpha value is -0.820. The van der Waals surface area contributed by atoms with Gasteiger partial charge in [-0.2, -0.15) is 0 Å². The van der Waals surface area contributed by atoms with E-state index in [4.69, 9.17) is 0 Å². The van der Waals surface area contributed by atoms with Crippen LogP contribution in [-0.4, -0.2) is 7.05 Å². The van der Waals surface area contributed by atoms with Crippen LogP contribution in [0.3, 0.4) is 0 Å². The van der Waals surface area contributed by atoms with Gasteiger partial charge in [0, 0.05) is 6.04 Å². The summed E-state index contributed by atoms with van der Waals surface area (Å²) in [5.41, 5.74) is 5.95. The second-order valence-electron chi connectivity index (χ2n) is 4.56. The lowest BCUT2D eigenvalue weighted by atomic mass is 9.97. The lowest BCUT2D eigenvalue weighted by Gasteiger charge is -2.13. The van der Waals surface area contributed by atoms with Crippen molar-refractivity contribution in [3.63, 3.8) is 0 Å². The van der Waals surface area contributed by atoms with Crippen molar-refractivity contribution in [2.24, 2.45) is 0 Å². The molecule has 0 fully saturated rings. The monoisotopic (exact) mass is 189 g/mol. The van der Waals surface area contributed by atoms with Crippen molar-refractivity contribution < 1.29 is 0 Å². The summed E-state index contributed by atoms with van der Waals surface area (Å²) in [7, 11) is 2.06. The van der Waals surface area contributed by atoms with Crippen molar-refractivity contribution in [2.45, 2.75) is 39.2 Å². The van der Waals surface area contributed by atoms with E-state index in [1.165, 1.54) is 17.5 Å². The van der Waals surface area contributed by atoms with E-state index in [0.717, 1.165) is 0 Å². The molecular formula is C13H19N. The average molecular weight is 189 g/mol. The molecule has 1 aliphatic rings. The van der Waals surface area contributed by atoms with Gasteiger partial charge in [-0.05, 0) is 49.9 Å². The van der Waals surface area contributed by atoms with Crippen LogP contribution in [0.4, 0.5) is 0 Å².